The van der Waals surface area contributed by atoms with Crippen LogP contribution in [-0.4, -0.2) is 28.0 Å². The second-order valence-electron chi connectivity index (χ2n) is 6.00. The van der Waals surface area contributed by atoms with Gasteiger partial charge >= 0.3 is 0 Å². The van der Waals surface area contributed by atoms with Crippen molar-refractivity contribution in [3.63, 3.8) is 0 Å². The van der Waals surface area contributed by atoms with Crippen LogP contribution in [0.1, 0.15) is 22.5 Å². The van der Waals surface area contributed by atoms with Gasteiger partial charge in [0.05, 0.1) is 29.3 Å². The third-order valence-electron chi connectivity index (χ3n) is 4.09. The predicted octanol–water partition coefficient (Wildman–Crippen LogP) is 3.87. The molecule has 0 spiro atoms. The van der Waals surface area contributed by atoms with E-state index in [-0.39, 0.29) is 35.8 Å². The number of carbonyl (C=O) groups excluding carboxylic acids is 1. The molecule has 3 aromatic rings. The fourth-order valence-corrected chi connectivity index (χ4v) is 3.70. The van der Waals surface area contributed by atoms with Crippen molar-refractivity contribution < 1.29 is 18.3 Å². The van der Waals surface area contributed by atoms with Crippen LogP contribution in [0.2, 0.25) is 0 Å². The van der Waals surface area contributed by atoms with Gasteiger partial charge in [0.2, 0.25) is 0 Å². The van der Waals surface area contributed by atoms with Gasteiger partial charge in [0, 0.05) is 29.8 Å². The summed E-state index contributed by atoms with van der Waals surface area (Å²) < 4.78 is 33.3. The first-order valence-corrected chi connectivity index (χ1v) is 9.23. The number of halogens is 2. The monoisotopic (exact) mass is 387 g/mol. The van der Waals surface area contributed by atoms with Crippen molar-refractivity contribution >= 4 is 28.6 Å². The topological polar surface area (TPSA) is 64.1 Å². The molecule has 0 bridgehead atoms. The van der Waals surface area contributed by atoms with Gasteiger partial charge in [-0.3, -0.25) is 14.8 Å². The summed E-state index contributed by atoms with van der Waals surface area (Å²) in [6.07, 6.45) is 3.53. The molecule has 8 heteroatoms. The molecule has 1 unspecified atom stereocenters. The maximum Gasteiger partial charge on any atom is 0.251 e. The zero-order valence-corrected chi connectivity index (χ0v) is 14.9. The first-order valence-electron chi connectivity index (χ1n) is 8.35. The van der Waals surface area contributed by atoms with Crippen LogP contribution in [0.25, 0.3) is 10.9 Å². The van der Waals surface area contributed by atoms with Crippen LogP contribution in [0, 0.1) is 5.82 Å². The van der Waals surface area contributed by atoms with Gasteiger partial charge in [0.1, 0.15) is 0 Å². The number of rotatable bonds is 3. The van der Waals surface area contributed by atoms with Crippen LogP contribution in [0.4, 0.5) is 8.78 Å². The number of pyridine rings is 2. The van der Waals surface area contributed by atoms with E-state index in [2.05, 4.69) is 15.3 Å². The number of nitrogens with zero attached hydrogens (tertiary/aromatic N) is 2. The van der Waals surface area contributed by atoms with Gasteiger partial charge < -0.3 is 10.1 Å². The maximum absolute atomic E-state index is 14.3. The van der Waals surface area contributed by atoms with E-state index < -0.39 is 17.2 Å². The Morgan fingerprint density at radius 1 is 1.33 bits per heavy atom. The molecule has 0 saturated carbocycles. The van der Waals surface area contributed by atoms with Gasteiger partial charge in [0.25, 0.3) is 5.91 Å². The molecule has 0 aliphatic carbocycles. The van der Waals surface area contributed by atoms with Crippen molar-refractivity contribution in [1.82, 2.24) is 15.3 Å². The SMILES string of the molecule is O=C(NCc1cc2ncccc2cn1)c1cc(F)c2c(c1)SC(F)CCO2. The van der Waals surface area contributed by atoms with Crippen molar-refractivity contribution in [3.8, 4) is 5.75 Å². The molecule has 1 N–H and O–H groups in total. The summed E-state index contributed by atoms with van der Waals surface area (Å²) in [5.74, 6) is -1.15. The van der Waals surface area contributed by atoms with Crippen molar-refractivity contribution in [2.75, 3.05) is 6.61 Å². The van der Waals surface area contributed by atoms with Crippen molar-refractivity contribution in [2.24, 2.45) is 0 Å². The largest absolute Gasteiger partial charge is 0.489 e. The Labute approximate surface area is 158 Å². The molecule has 1 aliphatic rings. The van der Waals surface area contributed by atoms with Crippen LogP contribution in [0.3, 0.4) is 0 Å². The number of fused-ring (bicyclic) bond motifs is 2. The summed E-state index contributed by atoms with van der Waals surface area (Å²) in [4.78, 5) is 21.2. The number of benzene rings is 1. The van der Waals surface area contributed by atoms with Crippen LogP contribution in [0.15, 0.2) is 47.6 Å². The van der Waals surface area contributed by atoms with Crippen LogP contribution >= 0.6 is 11.8 Å². The first-order chi connectivity index (χ1) is 13.1. The van der Waals surface area contributed by atoms with Gasteiger partial charge in [0.15, 0.2) is 17.1 Å². The van der Waals surface area contributed by atoms with E-state index in [1.54, 1.807) is 18.5 Å². The third-order valence-corrected chi connectivity index (χ3v) is 5.14. The molecule has 0 saturated heterocycles. The van der Waals surface area contributed by atoms with E-state index >= 15 is 0 Å². The quantitative estimate of drug-likeness (QED) is 0.739. The Morgan fingerprint density at radius 3 is 3.11 bits per heavy atom. The number of hydrogen-bond donors (Lipinski definition) is 1. The fraction of sp³-hybridized carbons (Fsp3) is 0.211. The molecular formula is C19H15F2N3O2S. The minimum atomic E-state index is -1.20. The molecule has 4 rings (SSSR count). The van der Waals surface area contributed by atoms with E-state index in [0.29, 0.717) is 5.69 Å². The first kappa shape index (κ1) is 17.7. The Balaban J connectivity index is 1.51. The maximum atomic E-state index is 14.3. The molecule has 0 radical (unpaired) electrons. The highest BCUT2D eigenvalue weighted by Crippen LogP contribution is 2.39. The summed E-state index contributed by atoms with van der Waals surface area (Å²) in [6, 6.07) is 8.05. The van der Waals surface area contributed by atoms with Gasteiger partial charge in [-0.1, -0.05) is 11.8 Å². The van der Waals surface area contributed by atoms with Gasteiger partial charge in [-0.2, -0.15) is 0 Å². The van der Waals surface area contributed by atoms with Crippen molar-refractivity contribution in [3.05, 3.63) is 59.8 Å². The normalized spacial score (nSPS) is 16.3. The molecule has 27 heavy (non-hydrogen) atoms. The fourth-order valence-electron chi connectivity index (χ4n) is 2.75. The van der Waals surface area contributed by atoms with Crippen LogP contribution in [-0.2, 0) is 6.54 Å². The average molecular weight is 387 g/mol. The highest BCUT2D eigenvalue weighted by Gasteiger charge is 2.23. The lowest BCUT2D eigenvalue weighted by atomic mass is 10.2. The molecule has 1 aliphatic heterocycles. The number of alkyl halides is 1. The molecule has 0 fully saturated rings. The molecule has 138 valence electrons. The highest BCUT2D eigenvalue weighted by atomic mass is 32.2. The van der Waals surface area contributed by atoms with Crippen LogP contribution < -0.4 is 10.1 Å². The standard InChI is InChI=1S/C19H15F2N3O2S/c20-14-6-12(7-16-18(14)26-5-3-17(21)27-16)19(25)24-10-13-8-15-11(9-23-13)2-1-4-22-15/h1-2,4,6-9,17H,3,5,10H2,(H,24,25). The highest BCUT2D eigenvalue weighted by molar-refractivity contribution is 7.99. The van der Waals surface area contributed by atoms with E-state index in [1.165, 1.54) is 6.07 Å². The number of amides is 1. The van der Waals surface area contributed by atoms with Crippen LogP contribution in [0.5, 0.6) is 5.75 Å². The summed E-state index contributed by atoms with van der Waals surface area (Å²) in [6.45, 7) is 0.269. The number of aromatic nitrogens is 2. The Bertz CT molecular complexity index is 1020. The number of nitrogens with one attached hydrogen (secondary N) is 1. The van der Waals surface area contributed by atoms with Gasteiger partial charge in [-0.15, -0.1) is 0 Å². The molecular weight excluding hydrogens is 372 g/mol. The summed E-state index contributed by atoms with van der Waals surface area (Å²) in [5, 5.41) is 3.60. The van der Waals surface area contributed by atoms with E-state index in [1.807, 2.05) is 12.1 Å². The van der Waals surface area contributed by atoms with Crippen molar-refractivity contribution in [1.29, 1.82) is 0 Å². The van der Waals surface area contributed by atoms with Gasteiger partial charge in [-0.25, -0.2) is 8.78 Å². The smallest absolute Gasteiger partial charge is 0.251 e. The summed E-state index contributed by atoms with van der Waals surface area (Å²) >= 11 is 0.862. The van der Waals surface area contributed by atoms with Crippen molar-refractivity contribution in [2.45, 2.75) is 23.4 Å². The zero-order chi connectivity index (χ0) is 18.8. The Morgan fingerprint density at radius 2 is 2.22 bits per heavy atom. The number of thioether (sulfide) groups is 1. The third kappa shape index (κ3) is 3.85. The Kier molecular flexibility index (Phi) is 4.89. The number of ether oxygens (including phenoxy) is 1. The molecule has 3 heterocycles. The molecule has 1 aromatic carbocycles. The second-order valence-corrected chi connectivity index (χ2v) is 7.19. The van der Waals surface area contributed by atoms with E-state index in [0.717, 1.165) is 28.7 Å². The minimum absolute atomic E-state index is 0.000953. The minimum Gasteiger partial charge on any atom is -0.489 e. The Hall–Kier alpha value is -2.74. The molecule has 5 nitrogen and oxygen atoms in total. The predicted molar refractivity (Wildman–Crippen MR) is 98.0 cm³/mol. The average Bonchev–Trinajstić information content (AvgIpc) is 2.87. The summed E-state index contributed by atoms with van der Waals surface area (Å²) in [5.41, 5.74) is 0.315. The zero-order valence-electron chi connectivity index (χ0n) is 14.1. The lowest BCUT2D eigenvalue weighted by Gasteiger charge is -2.11. The lowest BCUT2D eigenvalue weighted by molar-refractivity contribution is 0.0949. The molecule has 2 aromatic heterocycles. The second kappa shape index (κ2) is 7.48. The van der Waals surface area contributed by atoms with E-state index in [9.17, 15) is 13.6 Å². The number of carbonyl (C=O) groups is 1. The summed E-state index contributed by atoms with van der Waals surface area (Å²) in [7, 11) is 0. The molecule has 1 amide bonds. The molecule has 1 atom stereocenters. The van der Waals surface area contributed by atoms with Gasteiger partial charge in [-0.05, 0) is 30.3 Å². The van der Waals surface area contributed by atoms with E-state index in [4.69, 9.17) is 4.74 Å². The lowest BCUT2D eigenvalue weighted by Crippen LogP contribution is -2.23. The number of hydrogen-bond acceptors (Lipinski definition) is 5.